The van der Waals surface area contributed by atoms with Crippen molar-refractivity contribution in [2.75, 3.05) is 26.4 Å². The molecule has 0 aliphatic carbocycles. The van der Waals surface area contributed by atoms with Gasteiger partial charge in [0.2, 0.25) is 5.91 Å². The molecule has 0 saturated carbocycles. The molecule has 0 radical (unpaired) electrons. The minimum absolute atomic E-state index is 0.0663. The van der Waals surface area contributed by atoms with E-state index in [1.807, 2.05) is 50.2 Å². The monoisotopic (exact) mass is 353 g/mol. The molecule has 138 valence electrons. The lowest BCUT2D eigenvalue weighted by Crippen LogP contribution is -2.48. The molecule has 2 aromatic carbocycles. The van der Waals surface area contributed by atoms with E-state index in [1.165, 1.54) is 5.56 Å². The lowest BCUT2D eigenvalue weighted by Gasteiger charge is -2.36. The highest BCUT2D eigenvalue weighted by atomic mass is 16.5. The summed E-state index contributed by atoms with van der Waals surface area (Å²) < 4.78 is 11.4. The van der Waals surface area contributed by atoms with E-state index in [0.717, 1.165) is 16.9 Å². The fraction of sp³-hybridized carbons (Fsp3) is 0.409. The number of hydrogen-bond acceptors (Lipinski definition) is 3. The Labute approximate surface area is 155 Å². The van der Waals surface area contributed by atoms with Gasteiger partial charge in [-0.1, -0.05) is 42.5 Å². The fourth-order valence-corrected chi connectivity index (χ4v) is 3.48. The Morgan fingerprint density at radius 1 is 1.12 bits per heavy atom. The van der Waals surface area contributed by atoms with E-state index in [1.54, 1.807) is 0 Å². The average Bonchev–Trinajstić information content (AvgIpc) is 2.68. The van der Waals surface area contributed by atoms with Gasteiger partial charge in [0.25, 0.3) is 0 Å². The zero-order valence-corrected chi connectivity index (χ0v) is 15.6. The van der Waals surface area contributed by atoms with E-state index in [2.05, 4.69) is 17.4 Å². The molecule has 2 aromatic rings. The van der Waals surface area contributed by atoms with Gasteiger partial charge in [0.15, 0.2) is 0 Å². The molecule has 3 rings (SSSR count). The number of carbonyl (C=O) groups excluding carboxylic acids is 1. The average molecular weight is 353 g/mol. The Morgan fingerprint density at radius 3 is 2.58 bits per heavy atom. The summed E-state index contributed by atoms with van der Waals surface area (Å²) in [5.74, 6) is 0.944. The molecule has 1 N–H and O–H groups in total. The van der Waals surface area contributed by atoms with Crippen LogP contribution in [0.2, 0.25) is 0 Å². The van der Waals surface area contributed by atoms with Crippen molar-refractivity contribution in [1.29, 1.82) is 0 Å². The van der Waals surface area contributed by atoms with Crippen molar-refractivity contribution < 1.29 is 14.3 Å². The summed E-state index contributed by atoms with van der Waals surface area (Å²) in [7, 11) is 0. The van der Waals surface area contributed by atoms with Crippen LogP contribution in [0.5, 0.6) is 5.75 Å². The van der Waals surface area contributed by atoms with Gasteiger partial charge in [-0.15, -0.1) is 0 Å². The molecule has 1 fully saturated rings. The van der Waals surface area contributed by atoms with E-state index in [-0.39, 0.29) is 5.91 Å². The predicted octanol–water partition coefficient (Wildman–Crippen LogP) is 3.55. The summed E-state index contributed by atoms with van der Waals surface area (Å²) in [6.07, 6.45) is 1.42. The van der Waals surface area contributed by atoms with Crippen LogP contribution in [-0.2, 0) is 14.9 Å². The maximum absolute atomic E-state index is 13.0. The zero-order chi connectivity index (χ0) is 18.4. The first-order valence-electron chi connectivity index (χ1n) is 9.23. The Hall–Kier alpha value is -2.33. The predicted molar refractivity (Wildman–Crippen MR) is 103 cm³/mol. The topological polar surface area (TPSA) is 47.6 Å². The zero-order valence-electron chi connectivity index (χ0n) is 15.6. The summed E-state index contributed by atoms with van der Waals surface area (Å²) in [4.78, 5) is 13.0. The molecule has 0 unspecified atom stereocenters. The standard InChI is InChI=1S/C22H27NO3/c1-17-8-9-18(2)20(16-17)26-15-12-23-21(24)22(10-13-25-14-11-22)19-6-4-3-5-7-19/h3-9,16H,10-15H2,1-2H3,(H,23,24). The number of amides is 1. The van der Waals surface area contributed by atoms with Crippen LogP contribution in [0.4, 0.5) is 0 Å². The number of carbonyl (C=O) groups is 1. The van der Waals surface area contributed by atoms with Crippen LogP contribution in [0.3, 0.4) is 0 Å². The Balaban J connectivity index is 1.61. The van der Waals surface area contributed by atoms with Crippen LogP contribution < -0.4 is 10.1 Å². The minimum atomic E-state index is -0.501. The summed E-state index contributed by atoms with van der Waals surface area (Å²) >= 11 is 0. The molecular weight excluding hydrogens is 326 g/mol. The lowest BCUT2D eigenvalue weighted by atomic mass is 9.73. The molecule has 1 saturated heterocycles. The highest BCUT2D eigenvalue weighted by molar-refractivity contribution is 5.88. The summed E-state index contributed by atoms with van der Waals surface area (Å²) in [5, 5.41) is 3.08. The van der Waals surface area contributed by atoms with Crippen molar-refractivity contribution >= 4 is 5.91 Å². The lowest BCUT2D eigenvalue weighted by molar-refractivity contribution is -0.130. The quantitative estimate of drug-likeness (QED) is 0.808. The Bertz CT molecular complexity index is 736. The van der Waals surface area contributed by atoms with E-state index in [9.17, 15) is 4.79 Å². The molecule has 1 aliphatic heterocycles. The van der Waals surface area contributed by atoms with Crippen LogP contribution in [0.25, 0.3) is 0 Å². The smallest absolute Gasteiger partial charge is 0.230 e. The van der Waals surface area contributed by atoms with Crippen molar-refractivity contribution in [2.45, 2.75) is 32.1 Å². The van der Waals surface area contributed by atoms with Crippen LogP contribution in [0.1, 0.15) is 29.5 Å². The second-order valence-electron chi connectivity index (χ2n) is 6.93. The Kier molecular flexibility index (Phi) is 5.94. The molecule has 4 nitrogen and oxygen atoms in total. The molecule has 1 heterocycles. The molecule has 0 aromatic heterocycles. The van der Waals surface area contributed by atoms with E-state index < -0.39 is 5.41 Å². The van der Waals surface area contributed by atoms with Gasteiger partial charge < -0.3 is 14.8 Å². The van der Waals surface area contributed by atoms with Crippen molar-refractivity contribution in [3.63, 3.8) is 0 Å². The second kappa shape index (κ2) is 8.37. The van der Waals surface area contributed by atoms with Gasteiger partial charge >= 0.3 is 0 Å². The number of aryl methyl sites for hydroxylation is 2. The summed E-state index contributed by atoms with van der Waals surface area (Å²) in [5.41, 5.74) is 2.84. The molecule has 4 heteroatoms. The molecule has 0 spiro atoms. The van der Waals surface area contributed by atoms with Crippen molar-refractivity contribution in [1.82, 2.24) is 5.32 Å². The Morgan fingerprint density at radius 2 is 1.85 bits per heavy atom. The van der Waals surface area contributed by atoms with Gasteiger partial charge in [0, 0.05) is 13.2 Å². The van der Waals surface area contributed by atoms with Gasteiger partial charge in [0.1, 0.15) is 12.4 Å². The van der Waals surface area contributed by atoms with Gasteiger partial charge in [0.05, 0.1) is 12.0 Å². The molecule has 26 heavy (non-hydrogen) atoms. The second-order valence-corrected chi connectivity index (χ2v) is 6.93. The number of nitrogens with one attached hydrogen (secondary N) is 1. The van der Waals surface area contributed by atoms with Gasteiger partial charge in [-0.3, -0.25) is 4.79 Å². The maximum atomic E-state index is 13.0. The largest absolute Gasteiger partial charge is 0.491 e. The van der Waals surface area contributed by atoms with Gasteiger partial charge in [-0.2, -0.15) is 0 Å². The third kappa shape index (κ3) is 4.07. The molecule has 0 bridgehead atoms. The van der Waals surface area contributed by atoms with Crippen molar-refractivity contribution in [3.8, 4) is 5.75 Å². The molecular formula is C22H27NO3. The SMILES string of the molecule is Cc1ccc(C)c(OCCNC(=O)C2(c3ccccc3)CCOCC2)c1. The number of ether oxygens (including phenoxy) is 2. The van der Waals surface area contributed by atoms with Crippen LogP contribution >= 0.6 is 0 Å². The number of hydrogen-bond donors (Lipinski definition) is 1. The van der Waals surface area contributed by atoms with Crippen molar-refractivity contribution in [2.24, 2.45) is 0 Å². The molecule has 1 aliphatic rings. The number of rotatable bonds is 6. The van der Waals surface area contributed by atoms with E-state index in [4.69, 9.17) is 9.47 Å². The first-order chi connectivity index (χ1) is 12.6. The van der Waals surface area contributed by atoms with E-state index in [0.29, 0.717) is 39.2 Å². The highest BCUT2D eigenvalue weighted by Crippen LogP contribution is 2.35. The van der Waals surface area contributed by atoms with Crippen LogP contribution in [-0.4, -0.2) is 32.3 Å². The highest BCUT2D eigenvalue weighted by Gasteiger charge is 2.41. The first-order valence-corrected chi connectivity index (χ1v) is 9.23. The maximum Gasteiger partial charge on any atom is 0.230 e. The molecule has 1 amide bonds. The third-order valence-corrected chi connectivity index (χ3v) is 5.10. The van der Waals surface area contributed by atoms with Crippen LogP contribution in [0.15, 0.2) is 48.5 Å². The van der Waals surface area contributed by atoms with Gasteiger partial charge in [-0.05, 0) is 49.4 Å². The van der Waals surface area contributed by atoms with Crippen LogP contribution in [0, 0.1) is 13.8 Å². The van der Waals surface area contributed by atoms with E-state index >= 15 is 0 Å². The molecule has 0 atom stereocenters. The summed E-state index contributed by atoms with van der Waals surface area (Å²) in [6.45, 7) is 6.24. The normalized spacial score (nSPS) is 16.1. The van der Waals surface area contributed by atoms with Gasteiger partial charge in [-0.25, -0.2) is 0 Å². The summed E-state index contributed by atoms with van der Waals surface area (Å²) in [6, 6.07) is 16.2. The first kappa shape index (κ1) is 18.5. The fourth-order valence-electron chi connectivity index (χ4n) is 3.48. The number of benzene rings is 2. The third-order valence-electron chi connectivity index (χ3n) is 5.10. The minimum Gasteiger partial charge on any atom is -0.491 e. The van der Waals surface area contributed by atoms with Crippen molar-refractivity contribution in [3.05, 3.63) is 65.2 Å².